The Morgan fingerprint density at radius 3 is 2.68 bits per heavy atom. The van der Waals surface area contributed by atoms with Crippen LogP contribution >= 0.6 is 0 Å². The van der Waals surface area contributed by atoms with Gasteiger partial charge in [-0.05, 0) is 56.0 Å². The summed E-state index contributed by atoms with van der Waals surface area (Å²) in [5.41, 5.74) is 0.814. The summed E-state index contributed by atoms with van der Waals surface area (Å²) in [7, 11) is 0. The lowest BCUT2D eigenvalue weighted by Gasteiger charge is -2.34. The topological polar surface area (TPSA) is 62.6 Å². The third kappa shape index (κ3) is 3.90. The second-order valence-corrected chi connectivity index (χ2v) is 6.27. The molecule has 2 amide bonds. The van der Waals surface area contributed by atoms with Gasteiger partial charge in [0.05, 0.1) is 12.3 Å². The van der Waals surface area contributed by atoms with E-state index in [1.165, 1.54) is 18.4 Å². The molecule has 0 saturated carbocycles. The van der Waals surface area contributed by atoms with Gasteiger partial charge in [0.15, 0.2) is 5.76 Å². The molecule has 1 aliphatic rings. The molecule has 2 atom stereocenters. The molecule has 5 nitrogen and oxygen atoms in total. The third-order valence-electron chi connectivity index (χ3n) is 4.53. The van der Waals surface area contributed by atoms with E-state index in [1.807, 2.05) is 6.92 Å². The van der Waals surface area contributed by atoms with E-state index in [1.54, 1.807) is 29.2 Å². The molecule has 25 heavy (non-hydrogen) atoms. The van der Waals surface area contributed by atoms with E-state index < -0.39 is 6.04 Å². The molecule has 0 bridgehead atoms. The van der Waals surface area contributed by atoms with Crippen molar-refractivity contribution in [1.29, 1.82) is 0 Å². The predicted octanol–water partition coefficient (Wildman–Crippen LogP) is 3.29. The number of rotatable bonds is 4. The number of nitrogens with one attached hydrogen (secondary N) is 1. The van der Waals surface area contributed by atoms with Crippen LogP contribution in [-0.2, 0) is 4.79 Å². The third-order valence-corrected chi connectivity index (χ3v) is 4.53. The van der Waals surface area contributed by atoms with Gasteiger partial charge in [0, 0.05) is 6.54 Å². The van der Waals surface area contributed by atoms with Crippen molar-refractivity contribution >= 4 is 11.8 Å². The Labute approximate surface area is 145 Å². The maximum absolute atomic E-state index is 13.0. The molecule has 2 heterocycles. The number of hydrogen-bond donors (Lipinski definition) is 1. The zero-order valence-corrected chi connectivity index (χ0v) is 14.1. The van der Waals surface area contributed by atoms with Crippen LogP contribution in [-0.4, -0.2) is 29.3 Å². The predicted molar refractivity (Wildman–Crippen MR) is 90.3 cm³/mol. The second-order valence-electron chi connectivity index (χ2n) is 6.27. The van der Waals surface area contributed by atoms with Crippen LogP contribution in [0.3, 0.4) is 0 Å². The van der Waals surface area contributed by atoms with Crippen molar-refractivity contribution < 1.29 is 18.4 Å². The van der Waals surface area contributed by atoms with Gasteiger partial charge in [-0.25, -0.2) is 4.39 Å². The lowest BCUT2D eigenvalue weighted by molar-refractivity contribution is -0.127. The highest BCUT2D eigenvalue weighted by molar-refractivity contribution is 5.95. The highest BCUT2D eigenvalue weighted by atomic mass is 19.1. The first-order valence-electron chi connectivity index (χ1n) is 8.46. The molecular weight excluding hydrogens is 323 g/mol. The van der Waals surface area contributed by atoms with Gasteiger partial charge >= 0.3 is 0 Å². The van der Waals surface area contributed by atoms with Crippen molar-refractivity contribution in [2.75, 3.05) is 6.54 Å². The van der Waals surface area contributed by atoms with Crippen molar-refractivity contribution in [2.45, 2.75) is 38.3 Å². The van der Waals surface area contributed by atoms with Crippen molar-refractivity contribution in [3.8, 4) is 0 Å². The largest absolute Gasteiger partial charge is 0.459 e. The average molecular weight is 344 g/mol. The van der Waals surface area contributed by atoms with Crippen molar-refractivity contribution in [3.63, 3.8) is 0 Å². The van der Waals surface area contributed by atoms with Crippen LogP contribution in [0.15, 0.2) is 47.1 Å². The van der Waals surface area contributed by atoms with Crippen LogP contribution in [0, 0.1) is 5.82 Å². The molecule has 1 saturated heterocycles. The SMILES string of the molecule is CC(NC(=O)C1CCCCN1C(=O)c1ccco1)c1ccc(F)cc1. The standard InChI is InChI=1S/C19H21FN2O3/c1-13(14-7-9-15(20)10-8-14)21-18(23)16-5-2-3-11-22(16)19(24)17-6-4-12-25-17/h4,6-10,12-13,16H,2-3,5,11H2,1H3,(H,21,23). The summed E-state index contributed by atoms with van der Waals surface area (Å²) in [6.07, 6.45) is 3.83. The normalized spacial score (nSPS) is 18.6. The van der Waals surface area contributed by atoms with Crippen LogP contribution in [0.25, 0.3) is 0 Å². The van der Waals surface area contributed by atoms with E-state index in [2.05, 4.69) is 5.32 Å². The Morgan fingerprint density at radius 1 is 1.24 bits per heavy atom. The molecule has 132 valence electrons. The van der Waals surface area contributed by atoms with E-state index in [-0.39, 0.29) is 29.4 Å². The summed E-state index contributed by atoms with van der Waals surface area (Å²) < 4.78 is 18.2. The molecule has 0 aliphatic carbocycles. The van der Waals surface area contributed by atoms with Gasteiger partial charge < -0.3 is 14.6 Å². The Bertz CT molecular complexity index is 728. The summed E-state index contributed by atoms with van der Waals surface area (Å²) in [4.78, 5) is 26.9. The molecule has 1 N–H and O–H groups in total. The van der Waals surface area contributed by atoms with Crippen LogP contribution in [0.1, 0.15) is 48.3 Å². The Balaban J connectivity index is 1.70. The fraction of sp³-hybridized carbons (Fsp3) is 0.368. The van der Waals surface area contributed by atoms with Crippen molar-refractivity contribution in [1.82, 2.24) is 10.2 Å². The first-order valence-corrected chi connectivity index (χ1v) is 8.46. The molecule has 6 heteroatoms. The first-order chi connectivity index (χ1) is 12.1. The highest BCUT2D eigenvalue weighted by Crippen LogP contribution is 2.21. The molecular formula is C19H21FN2O3. The van der Waals surface area contributed by atoms with Crippen molar-refractivity contribution in [3.05, 3.63) is 59.8 Å². The number of benzene rings is 1. The van der Waals surface area contributed by atoms with E-state index in [0.29, 0.717) is 13.0 Å². The molecule has 2 aromatic rings. The van der Waals surface area contributed by atoms with E-state index in [4.69, 9.17) is 4.42 Å². The van der Waals surface area contributed by atoms with E-state index >= 15 is 0 Å². The fourth-order valence-corrected chi connectivity index (χ4v) is 3.13. The van der Waals surface area contributed by atoms with Gasteiger partial charge in [-0.15, -0.1) is 0 Å². The summed E-state index contributed by atoms with van der Waals surface area (Å²) in [6.45, 7) is 2.37. The summed E-state index contributed by atoms with van der Waals surface area (Å²) >= 11 is 0. The fourth-order valence-electron chi connectivity index (χ4n) is 3.13. The number of carbonyl (C=O) groups excluding carboxylic acids is 2. The Morgan fingerprint density at radius 2 is 2.00 bits per heavy atom. The molecule has 1 aliphatic heterocycles. The maximum atomic E-state index is 13.0. The van der Waals surface area contributed by atoms with Gasteiger partial charge in [-0.2, -0.15) is 0 Å². The van der Waals surface area contributed by atoms with Crippen LogP contribution in [0.2, 0.25) is 0 Å². The van der Waals surface area contributed by atoms with Crippen molar-refractivity contribution in [2.24, 2.45) is 0 Å². The molecule has 0 radical (unpaired) electrons. The smallest absolute Gasteiger partial charge is 0.290 e. The minimum atomic E-state index is -0.519. The molecule has 2 unspecified atom stereocenters. The zero-order chi connectivity index (χ0) is 17.8. The zero-order valence-electron chi connectivity index (χ0n) is 14.1. The number of halogens is 1. The van der Waals surface area contributed by atoms with Crippen LogP contribution < -0.4 is 5.32 Å². The summed E-state index contributed by atoms with van der Waals surface area (Å²) in [6, 6.07) is 8.50. The molecule has 0 spiro atoms. The number of nitrogens with zero attached hydrogens (tertiary/aromatic N) is 1. The average Bonchev–Trinajstić information content (AvgIpc) is 3.16. The van der Waals surface area contributed by atoms with Gasteiger partial charge in [-0.3, -0.25) is 9.59 Å². The van der Waals surface area contributed by atoms with Gasteiger partial charge in [0.1, 0.15) is 11.9 Å². The van der Waals surface area contributed by atoms with Gasteiger partial charge in [0.2, 0.25) is 5.91 Å². The quantitative estimate of drug-likeness (QED) is 0.926. The van der Waals surface area contributed by atoms with Crippen LogP contribution in [0.4, 0.5) is 4.39 Å². The Kier molecular flexibility index (Phi) is 5.16. The lowest BCUT2D eigenvalue weighted by atomic mass is 10.00. The van der Waals surface area contributed by atoms with Crippen LogP contribution in [0.5, 0.6) is 0 Å². The van der Waals surface area contributed by atoms with Gasteiger partial charge in [-0.1, -0.05) is 12.1 Å². The number of carbonyl (C=O) groups is 2. The summed E-state index contributed by atoms with van der Waals surface area (Å²) in [5.74, 6) is -0.535. The van der Waals surface area contributed by atoms with E-state index in [0.717, 1.165) is 18.4 Å². The second kappa shape index (κ2) is 7.51. The molecule has 1 aromatic carbocycles. The number of piperidine rings is 1. The van der Waals surface area contributed by atoms with Gasteiger partial charge in [0.25, 0.3) is 5.91 Å². The summed E-state index contributed by atoms with van der Waals surface area (Å²) in [5, 5.41) is 2.93. The Hall–Kier alpha value is -2.63. The lowest BCUT2D eigenvalue weighted by Crippen LogP contribution is -2.52. The minimum absolute atomic E-state index is 0.198. The monoisotopic (exact) mass is 344 g/mol. The number of furan rings is 1. The highest BCUT2D eigenvalue weighted by Gasteiger charge is 2.34. The number of amides is 2. The number of hydrogen-bond acceptors (Lipinski definition) is 3. The number of likely N-dealkylation sites (tertiary alicyclic amines) is 1. The molecule has 1 fully saturated rings. The first kappa shape index (κ1) is 17.2. The molecule has 3 rings (SSSR count). The maximum Gasteiger partial charge on any atom is 0.290 e. The van der Waals surface area contributed by atoms with E-state index in [9.17, 15) is 14.0 Å². The minimum Gasteiger partial charge on any atom is -0.459 e. The molecule has 1 aromatic heterocycles.